The molecule has 5 heteroatoms. The van der Waals surface area contributed by atoms with Crippen molar-refractivity contribution in [2.75, 3.05) is 18.0 Å². The summed E-state index contributed by atoms with van der Waals surface area (Å²) in [5.74, 6) is -0.273. The second-order valence-corrected chi connectivity index (χ2v) is 5.28. The molecule has 1 unspecified atom stereocenters. The van der Waals surface area contributed by atoms with Gasteiger partial charge in [-0.1, -0.05) is 11.6 Å². The number of nitrogens with two attached hydrogens (primary N) is 1. The van der Waals surface area contributed by atoms with E-state index in [0.717, 1.165) is 18.7 Å². The molecule has 0 saturated carbocycles. The molecule has 1 aliphatic heterocycles. The minimum atomic E-state index is -0.486. The van der Waals surface area contributed by atoms with Crippen molar-refractivity contribution in [3.8, 4) is 6.07 Å². The highest BCUT2D eigenvalue weighted by Gasteiger charge is 2.38. The summed E-state index contributed by atoms with van der Waals surface area (Å²) in [5.41, 5.74) is 6.30. The van der Waals surface area contributed by atoms with Crippen LogP contribution in [0.4, 0.5) is 5.69 Å². The van der Waals surface area contributed by atoms with Gasteiger partial charge in [-0.15, -0.1) is 0 Å². The van der Waals surface area contributed by atoms with Crippen LogP contribution < -0.4 is 10.6 Å². The van der Waals surface area contributed by atoms with Crippen molar-refractivity contribution >= 4 is 23.2 Å². The van der Waals surface area contributed by atoms with Gasteiger partial charge in [-0.3, -0.25) is 4.79 Å². The number of nitriles is 1. The van der Waals surface area contributed by atoms with Crippen LogP contribution in [0.2, 0.25) is 5.02 Å². The number of hydrogen-bond acceptors (Lipinski definition) is 3. The lowest BCUT2D eigenvalue weighted by Gasteiger charge is -2.22. The van der Waals surface area contributed by atoms with E-state index in [0.29, 0.717) is 17.1 Å². The molecule has 1 fully saturated rings. The summed E-state index contributed by atoms with van der Waals surface area (Å²) >= 11 is 6.00. The van der Waals surface area contributed by atoms with E-state index in [-0.39, 0.29) is 5.91 Å². The minimum Gasteiger partial charge on any atom is -0.370 e. The quantitative estimate of drug-likeness (QED) is 0.886. The molecule has 1 aliphatic rings. The molecule has 2 N–H and O–H groups in total. The Morgan fingerprint density at radius 2 is 2.33 bits per heavy atom. The molecule has 0 spiro atoms. The second kappa shape index (κ2) is 4.51. The topological polar surface area (TPSA) is 70.1 Å². The zero-order chi connectivity index (χ0) is 13.3. The van der Waals surface area contributed by atoms with E-state index in [1.54, 1.807) is 12.1 Å². The van der Waals surface area contributed by atoms with Gasteiger partial charge in [0.25, 0.3) is 0 Å². The first-order valence-corrected chi connectivity index (χ1v) is 6.08. The molecule has 4 nitrogen and oxygen atoms in total. The molecule has 94 valence electrons. The molecule has 1 aromatic rings. The van der Waals surface area contributed by atoms with Crippen LogP contribution in [-0.4, -0.2) is 19.0 Å². The summed E-state index contributed by atoms with van der Waals surface area (Å²) in [6.07, 6.45) is 0.736. The normalized spacial score (nSPS) is 22.8. The van der Waals surface area contributed by atoms with E-state index in [2.05, 4.69) is 4.90 Å². The fourth-order valence-electron chi connectivity index (χ4n) is 2.17. The van der Waals surface area contributed by atoms with E-state index in [1.807, 2.05) is 19.1 Å². The third kappa shape index (κ3) is 2.14. The number of nitrogens with zero attached hydrogens (tertiary/aromatic N) is 2. The SMILES string of the molecule is CC1(C(N)=O)CCN(c2ccc(C#N)c(Cl)c2)C1. The third-order valence-electron chi connectivity index (χ3n) is 3.51. The Hall–Kier alpha value is -1.73. The van der Waals surface area contributed by atoms with Crippen molar-refractivity contribution in [3.63, 3.8) is 0 Å². The maximum absolute atomic E-state index is 11.4. The molecule has 2 rings (SSSR count). The van der Waals surface area contributed by atoms with Crippen LogP contribution in [-0.2, 0) is 4.79 Å². The molecular weight excluding hydrogens is 250 g/mol. The lowest BCUT2D eigenvalue weighted by molar-refractivity contribution is -0.125. The van der Waals surface area contributed by atoms with E-state index in [9.17, 15) is 4.79 Å². The summed E-state index contributed by atoms with van der Waals surface area (Å²) < 4.78 is 0. The van der Waals surface area contributed by atoms with Crippen LogP contribution in [0.5, 0.6) is 0 Å². The lowest BCUT2D eigenvalue weighted by Crippen LogP contribution is -2.37. The molecule has 1 aromatic carbocycles. The zero-order valence-electron chi connectivity index (χ0n) is 10.1. The molecule has 1 atom stereocenters. The molecule has 1 heterocycles. The van der Waals surface area contributed by atoms with Crippen molar-refractivity contribution in [1.29, 1.82) is 5.26 Å². The summed E-state index contributed by atoms with van der Waals surface area (Å²) in [6, 6.07) is 7.32. The predicted molar refractivity (Wildman–Crippen MR) is 70.3 cm³/mol. The van der Waals surface area contributed by atoms with Gasteiger partial charge < -0.3 is 10.6 Å². The van der Waals surface area contributed by atoms with Gasteiger partial charge in [-0.05, 0) is 31.5 Å². The third-order valence-corrected chi connectivity index (χ3v) is 3.82. The number of anilines is 1. The van der Waals surface area contributed by atoms with Crippen LogP contribution in [0.25, 0.3) is 0 Å². The Balaban J connectivity index is 2.23. The van der Waals surface area contributed by atoms with Crippen LogP contribution in [0.15, 0.2) is 18.2 Å². The number of benzene rings is 1. The highest BCUT2D eigenvalue weighted by atomic mass is 35.5. The highest BCUT2D eigenvalue weighted by Crippen LogP contribution is 2.34. The number of carbonyl (C=O) groups is 1. The fourth-order valence-corrected chi connectivity index (χ4v) is 2.39. The van der Waals surface area contributed by atoms with Crippen molar-refractivity contribution in [2.45, 2.75) is 13.3 Å². The van der Waals surface area contributed by atoms with E-state index in [1.165, 1.54) is 0 Å². The average molecular weight is 264 g/mol. The number of amides is 1. The summed E-state index contributed by atoms with van der Waals surface area (Å²) in [4.78, 5) is 13.5. The number of rotatable bonds is 2. The molecule has 1 amide bonds. The van der Waals surface area contributed by atoms with Gasteiger partial charge in [-0.25, -0.2) is 0 Å². The smallest absolute Gasteiger partial charge is 0.225 e. The van der Waals surface area contributed by atoms with Gasteiger partial charge in [0.15, 0.2) is 0 Å². The molecule has 0 aromatic heterocycles. The zero-order valence-corrected chi connectivity index (χ0v) is 10.9. The summed E-state index contributed by atoms with van der Waals surface area (Å²) in [7, 11) is 0. The predicted octanol–water partition coefficient (Wildman–Crippen LogP) is 1.91. The Morgan fingerprint density at radius 3 is 2.83 bits per heavy atom. The number of hydrogen-bond donors (Lipinski definition) is 1. The maximum Gasteiger partial charge on any atom is 0.225 e. The van der Waals surface area contributed by atoms with Crippen LogP contribution in [0.3, 0.4) is 0 Å². The van der Waals surface area contributed by atoms with Crippen molar-refractivity contribution < 1.29 is 4.79 Å². The molecule has 0 radical (unpaired) electrons. The van der Waals surface area contributed by atoms with E-state index < -0.39 is 5.41 Å². The van der Waals surface area contributed by atoms with E-state index >= 15 is 0 Å². The number of carbonyl (C=O) groups excluding carboxylic acids is 1. The first-order chi connectivity index (χ1) is 8.46. The minimum absolute atomic E-state index is 0.273. The Bertz CT molecular complexity index is 538. The largest absolute Gasteiger partial charge is 0.370 e. The van der Waals surface area contributed by atoms with Crippen LogP contribution >= 0.6 is 11.6 Å². The summed E-state index contributed by atoms with van der Waals surface area (Å²) in [5, 5.41) is 9.25. The fraction of sp³-hybridized carbons (Fsp3) is 0.385. The number of primary amides is 1. The summed E-state index contributed by atoms with van der Waals surface area (Å²) in [6.45, 7) is 3.23. The standard InChI is InChI=1S/C13H14ClN3O/c1-13(12(16)18)4-5-17(8-13)10-3-2-9(7-15)11(14)6-10/h2-3,6H,4-5,8H2,1H3,(H2,16,18). The highest BCUT2D eigenvalue weighted by molar-refractivity contribution is 6.32. The van der Waals surface area contributed by atoms with Gasteiger partial charge in [-0.2, -0.15) is 5.26 Å². The second-order valence-electron chi connectivity index (χ2n) is 4.87. The van der Waals surface area contributed by atoms with Crippen molar-refractivity contribution in [1.82, 2.24) is 0 Å². The molecule has 1 saturated heterocycles. The first kappa shape index (κ1) is 12.7. The lowest BCUT2D eigenvalue weighted by atomic mass is 9.89. The Kier molecular flexibility index (Phi) is 3.18. The Morgan fingerprint density at radius 1 is 1.61 bits per heavy atom. The van der Waals surface area contributed by atoms with Gasteiger partial charge >= 0.3 is 0 Å². The molecule has 0 bridgehead atoms. The van der Waals surface area contributed by atoms with Gasteiger partial charge in [0.2, 0.25) is 5.91 Å². The first-order valence-electron chi connectivity index (χ1n) is 5.71. The van der Waals surface area contributed by atoms with Gasteiger partial charge in [0.05, 0.1) is 16.0 Å². The van der Waals surface area contributed by atoms with Crippen molar-refractivity contribution in [2.24, 2.45) is 11.1 Å². The molecule has 18 heavy (non-hydrogen) atoms. The van der Waals surface area contributed by atoms with Gasteiger partial charge in [0.1, 0.15) is 6.07 Å². The van der Waals surface area contributed by atoms with Crippen LogP contribution in [0, 0.1) is 16.7 Å². The maximum atomic E-state index is 11.4. The van der Waals surface area contributed by atoms with Gasteiger partial charge in [0, 0.05) is 18.8 Å². The van der Waals surface area contributed by atoms with E-state index in [4.69, 9.17) is 22.6 Å². The molecular formula is C13H14ClN3O. The molecule has 0 aliphatic carbocycles. The van der Waals surface area contributed by atoms with Crippen molar-refractivity contribution in [3.05, 3.63) is 28.8 Å². The monoisotopic (exact) mass is 263 g/mol. The Labute approximate surface area is 111 Å². The van der Waals surface area contributed by atoms with Crippen LogP contribution in [0.1, 0.15) is 18.9 Å². The average Bonchev–Trinajstić information content (AvgIpc) is 2.73. The number of halogens is 1.